The molecule has 5 aromatic carbocycles. The molecule has 0 bridgehead atoms. The molecule has 0 atom stereocenters. The monoisotopic (exact) mass is 527 g/mol. The van der Waals surface area contributed by atoms with Crippen molar-refractivity contribution in [1.82, 2.24) is 15.0 Å². The van der Waals surface area contributed by atoms with Gasteiger partial charge in [0.1, 0.15) is 11.2 Å². The van der Waals surface area contributed by atoms with E-state index in [-0.39, 0.29) is 0 Å². The molecule has 1 aliphatic rings. The fourth-order valence-electron chi connectivity index (χ4n) is 5.84. The minimum atomic E-state index is 0.628. The van der Waals surface area contributed by atoms with Gasteiger partial charge in [-0.05, 0) is 41.7 Å². The number of hydrogen-bond acceptors (Lipinski definition) is 4. The van der Waals surface area contributed by atoms with Crippen molar-refractivity contribution in [2.24, 2.45) is 0 Å². The molecule has 0 unspecified atom stereocenters. The molecule has 0 N–H and O–H groups in total. The summed E-state index contributed by atoms with van der Waals surface area (Å²) in [6.45, 7) is 0. The highest BCUT2D eigenvalue weighted by atomic mass is 16.3. The third-order valence-corrected chi connectivity index (χ3v) is 7.86. The number of aromatic nitrogens is 3. The van der Waals surface area contributed by atoms with Crippen molar-refractivity contribution in [3.8, 4) is 34.2 Å². The van der Waals surface area contributed by atoms with E-state index in [1.54, 1.807) is 0 Å². The maximum absolute atomic E-state index is 6.60. The fraction of sp³-hybridized carbons (Fsp3) is 0.0541. The third kappa shape index (κ3) is 4.12. The topological polar surface area (TPSA) is 51.8 Å². The van der Waals surface area contributed by atoms with E-state index >= 15 is 0 Å². The molecule has 8 rings (SSSR count). The molecule has 0 fully saturated rings. The Morgan fingerprint density at radius 3 is 1.88 bits per heavy atom. The smallest absolute Gasteiger partial charge is 0.164 e. The third-order valence-electron chi connectivity index (χ3n) is 7.86. The zero-order chi connectivity index (χ0) is 27.2. The SMILES string of the molecule is C1=C(c2ccc(-c3nc(-c4ccccc4)nc(-c4ccccc4)n3)c3c2oc2ccccc23)CCc2ccccc21. The Bertz CT molecular complexity index is 2030. The van der Waals surface area contributed by atoms with Gasteiger partial charge in [-0.15, -0.1) is 0 Å². The molecule has 0 saturated heterocycles. The van der Waals surface area contributed by atoms with Crippen LogP contribution in [0.15, 0.2) is 126 Å². The van der Waals surface area contributed by atoms with Crippen molar-refractivity contribution >= 4 is 33.6 Å². The van der Waals surface area contributed by atoms with Gasteiger partial charge in [0.05, 0.1) is 0 Å². The highest BCUT2D eigenvalue weighted by molar-refractivity contribution is 6.15. The minimum absolute atomic E-state index is 0.628. The van der Waals surface area contributed by atoms with Gasteiger partial charge >= 0.3 is 0 Å². The fourth-order valence-corrected chi connectivity index (χ4v) is 5.84. The number of benzene rings is 5. The molecular weight excluding hydrogens is 502 g/mol. The van der Waals surface area contributed by atoms with E-state index in [9.17, 15) is 0 Å². The van der Waals surface area contributed by atoms with E-state index in [0.29, 0.717) is 17.5 Å². The molecule has 0 amide bonds. The first-order valence-electron chi connectivity index (χ1n) is 13.9. The quantitative estimate of drug-likeness (QED) is 0.229. The summed E-state index contributed by atoms with van der Waals surface area (Å²) in [4.78, 5) is 14.9. The zero-order valence-electron chi connectivity index (χ0n) is 22.3. The summed E-state index contributed by atoms with van der Waals surface area (Å²) in [5.74, 6) is 1.92. The van der Waals surface area contributed by atoms with E-state index in [2.05, 4.69) is 54.6 Å². The summed E-state index contributed by atoms with van der Waals surface area (Å²) in [5, 5.41) is 2.08. The molecule has 2 heterocycles. The zero-order valence-corrected chi connectivity index (χ0v) is 22.3. The highest BCUT2D eigenvalue weighted by Gasteiger charge is 2.22. The largest absolute Gasteiger partial charge is 0.455 e. The molecule has 4 nitrogen and oxygen atoms in total. The number of furan rings is 1. The normalized spacial score (nSPS) is 12.8. The molecule has 0 spiro atoms. The molecule has 7 aromatic rings. The highest BCUT2D eigenvalue weighted by Crippen LogP contribution is 2.42. The van der Waals surface area contributed by atoms with Gasteiger partial charge in [-0.1, -0.05) is 115 Å². The van der Waals surface area contributed by atoms with E-state index in [0.717, 1.165) is 57.0 Å². The maximum atomic E-state index is 6.60. The van der Waals surface area contributed by atoms with Crippen LogP contribution in [-0.2, 0) is 6.42 Å². The van der Waals surface area contributed by atoms with Crippen molar-refractivity contribution < 1.29 is 4.42 Å². The molecule has 1 aliphatic carbocycles. The predicted octanol–water partition coefficient (Wildman–Crippen LogP) is 9.26. The van der Waals surface area contributed by atoms with Gasteiger partial charge in [-0.25, -0.2) is 15.0 Å². The summed E-state index contributed by atoms with van der Waals surface area (Å²) in [6.07, 6.45) is 4.29. The van der Waals surface area contributed by atoms with Crippen LogP contribution in [0.3, 0.4) is 0 Å². The van der Waals surface area contributed by atoms with Crippen LogP contribution in [0.1, 0.15) is 23.1 Å². The summed E-state index contributed by atoms with van der Waals surface area (Å²) in [7, 11) is 0. The summed E-state index contributed by atoms with van der Waals surface area (Å²) in [6, 6.07) is 41.4. The number of aryl methyl sites for hydroxylation is 1. The van der Waals surface area contributed by atoms with Gasteiger partial charge in [-0.3, -0.25) is 0 Å². The first-order chi connectivity index (χ1) is 20.3. The first-order valence-corrected chi connectivity index (χ1v) is 13.9. The lowest BCUT2D eigenvalue weighted by molar-refractivity contribution is 0.667. The van der Waals surface area contributed by atoms with Gasteiger partial charge in [0, 0.05) is 33.0 Å². The van der Waals surface area contributed by atoms with Crippen LogP contribution in [0.4, 0.5) is 0 Å². The summed E-state index contributed by atoms with van der Waals surface area (Å²) in [5.41, 5.74) is 9.63. The van der Waals surface area contributed by atoms with Gasteiger partial charge < -0.3 is 4.42 Å². The van der Waals surface area contributed by atoms with Crippen molar-refractivity contribution in [1.29, 1.82) is 0 Å². The molecule has 0 aliphatic heterocycles. The first kappa shape index (κ1) is 23.5. The number of hydrogen-bond donors (Lipinski definition) is 0. The summed E-state index contributed by atoms with van der Waals surface area (Å²) >= 11 is 0. The standard InChI is InChI=1S/C37H25N3O/c1-3-12-25(13-4-1)35-38-36(26-14-5-2-6-15-26)40-37(39-35)31-22-21-29(28-20-19-24-11-7-8-16-27(24)23-28)34-33(31)30-17-9-10-18-32(30)41-34/h1-18,21-23H,19-20H2. The van der Waals surface area contributed by atoms with Crippen LogP contribution in [0.25, 0.3) is 67.8 Å². The Kier molecular flexibility index (Phi) is 5.56. The van der Waals surface area contributed by atoms with Gasteiger partial charge in [-0.2, -0.15) is 0 Å². The lowest BCUT2D eigenvalue weighted by Crippen LogP contribution is -2.01. The summed E-state index contributed by atoms with van der Waals surface area (Å²) < 4.78 is 6.60. The molecular formula is C37H25N3O. The lowest BCUT2D eigenvalue weighted by atomic mass is 9.87. The van der Waals surface area contributed by atoms with E-state index in [1.165, 1.54) is 16.7 Å². The average Bonchev–Trinajstić information content (AvgIpc) is 3.44. The van der Waals surface area contributed by atoms with Crippen LogP contribution < -0.4 is 0 Å². The molecule has 0 saturated carbocycles. The van der Waals surface area contributed by atoms with Crippen LogP contribution in [-0.4, -0.2) is 15.0 Å². The Labute approximate surface area is 237 Å². The number of rotatable bonds is 4. The van der Waals surface area contributed by atoms with Gasteiger partial charge in [0.15, 0.2) is 17.5 Å². The second kappa shape index (κ2) is 9.68. The molecule has 41 heavy (non-hydrogen) atoms. The average molecular weight is 528 g/mol. The number of para-hydroxylation sites is 1. The van der Waals surface area contributed by atoms with Crippen molar-refractivity contribution in [3.63, 3.8) is 0 Å². The Morgan fingerprint density at radius 2 is 1.12 bits per heavy atom. The molecule has 0 radical (unpaired) electrons. The molecule has 194 valence electrons. The van der Waals surface area contributed by atoms with Crippen LogP contribution >= 0.6 is 0 Å². The maximum Gasteiger partial charge on any atom is 0.164 e. The number of nitrogens with zero attached hydrogens (tertiary/aromatic N) is 3. The van der Waals surface area contributed by atoms with E-state index in [4.69, 9.17) is 19.4 Å². The molecule has 2 aromatic heterocycles. The van der Waals surface area contributed by atoms with Crippen LogP contribution in [0.5, 0.6) is 0 Å². The van der Waals surface area contributed by atoms with E-state index < -0.39 is 0 Å². The Balaban J connectivity index is 1.39. The van der Waals surface area contributed by atoms with Crippen molar-refractivity contribution in [2.75, 3.05) is 0 Å². The van der Waals surface area contributed by atoms with Crippen LogP contribution in [0, 0.1) is 0 Å². The van der Waals surface area contributed by atoms with Gasteiger partial charge in [0.2, 0.25) is 0 Å². The molecule has 4 heteroatoms. The Morgan fingerprint density at radius 1 is 0.512 bits per heavy atom. The van der Waals surface area contributed by atoms with E-state index in [1.807, 2.05) is 72.8 Å². The number of allylic oxidation sites excluding steroid dienone is 1. The van der Waals surface area contributed by atoms with Crippen molar-refractivity contribution in [2.45, 2.75) is 12.8 Å². The van der Waals surface area contributed by atoms with Crippen molar-refractivity contribution in [3.05, 3.63) is 138 Å². The minimum Gasteiger partial charge on any atom is -0.455 e. The Hall–Kier alpha value is -5.35. The van der Waals surface area contributed by atoms with Crippen LogP contribution in [0.2, 0.25) is 0 Å². The van der Waals surface area contributed by atoms with Gasteiger partial charge in [0.25, 0.3) is 0 Å². The lowest BCUT2D eigenvalue weighted by Gasteiger charge is -2.17. The second-order valence-electron chi connectivity index (χ2n) is 10.4. The predicted molar refractivity (Wildman–Crippen MR) is 166 cm³/mol. The number of fused-ring (bicyclic) bond motifs is 4. The second-order valence-corrected chi connectivity index (χ2v) is 10.4.